The molecule has 0 atom stereocenters. The zero-order valence-corrected chi connectivity index (χ0v) is 15.3. The third-order valence-electron chi connectivity index (χ3n) is 3.99. The molecule has 0 saturated heterocycles. The molecule has 5 heteroatoms. The van der Waals surface area contributed by atoms with E-state index in [1.54, 1.807) is 0 Å². The van der Waals surface area contributed by atoms with Crippen LogP contribution in [0, 0.1) is 0 Å². The molecule has 1 aromatic rings. The molecule has 0 bridgehead atoms. The van der Waals surface area contributed by atoms with Crippen LogP contribution in [0.1, 0.15) is 51.0 Å². The Morgan fingerprint density at radius 3 is 2.70 bits per heavy atom. The number of nitrogens with zero attached hydrogens (tertiary/aromatic N) is 1. The molecule has 1 aliphatic rings. The third-order valence-corrected chi connectivity index (χ3v) is 4.48. The Kier molecular flexibility index (Phi) is 7.09. The van der Waals surface area contributed by atoms with Crippen LogP contribution in [-0.4, -0.2) is 29.3 Å². The molecule has 1 aromatic carbocycles. The third kappa shape index (κ3) is 6.73. The quantitative estimate of drug-likeness (QED) is 0.664. The van der Waals surface area contributed by atoms with Crippen molar-refractivity contribution in [2.75, 3.05) is 6.54 Å². The molecule has 1 aliphatic carbocycles. The minimum absolute atomic E-state index is 0.00927. The molecule has 1 saturated carbocycles. The van der Waals surface area contributed by atoms with Gasteiger partial charge in [0.05, 0.1) is 0 Å². The molecule has 0 spiro atoms. The van der Waals surface area contributed by atoms with Crippen molar-refractivity contribution in [3.8, 4) is 0 Å². The fourth-order valence-electron chi connectivity index (χ4n) is 2.63. The van der Waals surface area contributed by atoms with Gasteiger partial charge in [-0.25, -0.2) is 0 Å². The summed E-state index contributed by atoms with van der Waals surface area (Å²) in [5, 5.41) is 2.78. The molecule has 0 aliphatic heterocycles. The van der Waals surface area contributed by atoms with Crippen LogP contribution in [0.25, 0.3) is 0 Å². The molecular formula is C18H25BrN2O2. The van der Waals surface area contributed by atoms with Gasteiger partial charge in [0.2, 0.25) is 11.8 Å². The number of carbonyl (C=O) groups excluding carboxylic acids is 2. The van der Waals surface area contributed by atoms with E-state index in [1.165, 1.54) is 12.5 Å². The van der Waals surface area contributed by atoms with E-state index in [4.69, 9.17) is 0 Å². The number of unbranched alkanes of at least 4 members (excludes halogenated alkanes) is 2. The lowest BCUT2D eigenvalue weighted by molar-refractivity contribution is -0.132. The minimum Gasteiger partial charge on any atom is -0.356 e. The van der Waals surface area contributed by atoms with Crippen molar-refractivity contribution in [3.05, 3.63) is 34.3 Å². The van der Waals surface area contributed by atoms with Crippen molar-refractivity contribution in [2.24, 2.45) is 0 Å². The van der Waals surface area contributed by atoms with Crippen LogP contribution in [0.2, 0.25) is 0 Å². The van der Waals surface area contributed by atoms with E-state index in [2.05, 4.69) is 33.4 Å². The molecule has 23 heavy (non-hydrogen) atoms. The molecular weight excluding hydrogens is 356 g/mol. The van der Waals surface area contributed by atoms with E-state index in [1.807, 2.05) is 17.0 Å². The number of carbonyl (C=O) groups is 2. The first kappa shape index (κ1) is 18.0. The SMILES string of the molecule is CC(=O)NCCCCCC(=O)N(Cc1cccc(Br)c1)C1CC1. The molecule has 126 valence electrons. The van der Waals surface area contributed by atoms with Crippen LogP contribution in [0.4, 0.5) is 0 Å². The zero-order valence-electron chi connectivity index (χ0n) is 13.7. The molecule has 2 rings (SSSR count). The standard InChI is InChI=1S/C18H25BrN2O2/c1-14(22)20-11-4-2-3-8-18(23)21(17-9-10-17)13-15-6-5-7-16(19)12-15/h5-7,12,17H,2-4,8-11,13H2,1H3,(H,20,22). The van der Waals surface area contributed by atoms with Gasteiger partial charge in [0.15, 0.2) is 0 Å². The lowest BCUT2D eigenvalue weighted by Crippen LogP contribution is -2.32. The second-order valence-corrected chi connectivity index (χ2v) is 7.09. The maximum atomic E-state index is 12.5. The van der Waals surface area contributed by atoms with Gasteiger partial charge in [0.1, 0.15) is 0 Å². The summed E-state index contributed by atoms with van der Waals surface area (Å²) in [6.45, 7) is 2.93. The summed E-state index contributed by atoms with van der Waals surface area (Å²) in [6.07, 6.45) is 5.65. The lowest BCUT2D eigenvalue weighted by Gasteiger charge is -2.23. The van der Waals surface area contributed by atoms with E-state index < -0.39 is 0 Å². The minimum atomic E-state index is 0.00927. The summed E-state index contributed by atoms with van der Waals surface area (Å²) in [4.78, 5) is 25.3. The fourth-order valence-corrected chi connectivity index (χ4v) is 3.07. The van der Waals surface area contributed by atoms with Gasteiger partial charge < -0.3 is 10.2 Å². The topological polar surface area (TPSA) is 49.4 Å². The number of hydrogen-bond acceptors (Lipinski definition) is 2. The van der Waals surface area contributed by atoms with E-state index in [0.717, 1.165) is 36.6 Å². The van der Waals surface area contributed by atoms with Gasteiger partial charge >= 0.3 is 0 Å². The van der Waals surface area contributed by atoms with Gasteiger partial charge in [-0.15, -0.1) is 0 Å². The Balaban J connectivity index is 1.74. The lowest BCUT2D eigenvalue weighted by atomic mass is 10.1. The van der Waals surface area contributed by atoms with Crippen molar-refractivity contribution >= 4 is 27.7 Å². The summed E-state index contributed by atoms with van der Waals surface area (Å²) in [5.41, 5.74) is 1.17. The van der Waals surface area contributed by atoms with Crippen LogP contribution in [-0.2, 0) is 16.1 Å². The van der Waals surface area contributed by atoms with Crippen molar-refractivity contribution in [1.29, 1.82) is 0 Å². The summed E-state index contributed by atoms with van der Waals surface area (Å²) in [5.74, 6) is 0.266. The van der Waals surface area contributed by atoms with Crippen LogP contribution in [0.5, 0.6) is 0 Å². The number of benzene rings is 1. The zero-order chi connectivity index (χ0) is 16.7. The molecule has 0 radical (unpaired) electrons. The first-order chi connectivity index (χ1) is 11.1. The summed E-state index contributed by atoms with van der Waals surface area (Å²) in [7, 11) is 0. The van der Waals surface area contributed by atoms with E-state index in [-0.39, 0.29) is 11.8 Å². The van der Waals surface area contributed by atoms with Crippen molar-refractivity contribution in [3.63, 3.8) is 0 Å². The van der Waals surface area contributed by atoms with Gasteiger partial charge in [0, 0.05) is 36.9 Å². The number of rotatable bonds is 9. The van der Waals surface area contributed by atoms with Gasteiger partial charge in [-0.05, 0) is 43.4 Å². The monoisotopic (exact) mass is 380 g/mol. The number of amides is 2. The van der Waals surface area contributed by atoms with Crippen LogP contribution in [0.3, 0.4) is 0 Å². The van der Waals surface area contributed by atoms with Crippen molar-refractivity contribution in [2.45, 2.75) is 58.0 Å². The number of nitrogens with one attached hydrogen (secondary N) is 1. The maximum Gasteiger partial charge on any atom is 0.223 e. The Morgan fingerprint density at radius 1 is 1.26 bits per heavy atom. The average Bonchev–Trinajstić information content (AvgIpc) is 3.32. The average molecular weight is 381 g/mol. The van der Waals surface area contributed by atoms with E-state index >= 15 is 0 Å². The second kappa shape index (κ2) is 9.06. The smallest absolute Gasteiger partial charge is 0.223 e. The molecule has 2 amide bonds. The van der Waals surface area contributed by atoms with Gasteiger partial charge in [-0.3, -0.25) is 9.59 Å². The number of halogens is 1. The summed E-state index contributed by atoms with van der Waals surface area (Å²) >= 11 is 3.48. The molecule has 4 nitrogen and oxygen atoms in total. The first-order valence-electron chi connectivity index (χ1n) is 8.34. The van der Waals surface area contributed by atoms with E-state index in [9.17, 15) is 9.59 Å². The summed E-state index contributed by atoms with van der Waals surface area (Å²) in [6, 6.07) is 8.59. The second-order valence-electron chi connectivity index (χ2n) is 6.18. The van der Waals surface area contributed by atoms with Crippen LogP contribution >= 0.6 is 15.9 Å². The highest BCUT2D eigenvalue weighted by Gasteiger charge is 2.32. The maximum absolute atomic E-state index is 12.5. The predicted octanol–water partition coefficient (Wildman–Crippen LogP) is 3.64. The normalized spacial score (nSPS) is 13.7. The Bertz CT molecular complexity index is 544. The summed E-state index contributed by atoms with van der Waals surface area (Å²) < 4.78 is 1.05. The molecule has 0 unspecified atom stereocenters. The largest absolute Gasteiger partial charge is 0.356 e. The predicted molar refractivity (Wildman–Crippen MR) is 94.9 cm³/mol. The van der Waals surface area contributed by atoms with Crippen molar-refractivity contribution in [1.82, 2.24) is 10.2 Å². The van der Waals surface area contributed by atoms with Crippen LogP contribution in [0.15, 0.2) is 28.7 Å². The first-order valence-corrected chi connectivity index (χ1v) is 9.14. The molecule has 0 heterocycles. The Labute approximate surface area is 146 Å². The van der Waals surface area contributed by atoms with Gasteiger partial charge in [-0.2, -0.15) is 0 Å². The van der Waals surface area contributed by atoms with Crippen LogP contribution < -0.4 is 5.32 Å². The number of hydrogen-bond donors (Lipinski definition) is 1. The van der Waals surface area contributed by atoms with Crippen molar-refractivity contribution < 1.29 is 9.59 Å². The van der Waals surface area contributed by atoms with E-state index in [0.29, 0.717) is 25.6 Å². The highest BCUT2D eigenvalue weighted by molar-refractivity contribution is 9.10. The van der Waals surface area contributed by atoms with Gasteiger partial charge in [0.25, 0.3) is 0 Å². The molecule has 1 N–H and O–H groups in total. The molecule has 0 aromatic heterocycles. The molecule has 1 fully saturated rings. The van der Waals surface area contributed by atoms with Gasteiger partial charge in [-0.1, -0.05) is 34.5 Å². The Morgan fingerprint density at radius 2 is 2.04 bits per heavy atom. The highest BCUT2D eigenvalue weighted by atomic mass is 79.9. The Hall–Kier alpha value is -1.36. The fraction of sp³-hybridized carbons (Fsp3) is 0.556. The highest BCUT2D eigenvalue weighted by Crippen LogP contribution is 2.29.